The molecule has 0 radical (unpaired) electrons. The zero-order chi connectivity index (χ0) is 32.5. The predicted molar refractivity (Wildman–Crippen MR) is 175 cm³/mol. The van der Waals surface area contributed by atoms with Crippen molar-refractivity contribution in [2.75, 3.05) is 55.6 Å². The molecule has 1 aromatic carbocycles. The number of methoxy groups -OCH3 is 1. The van der Waals surface area contributed by atoms with Crippen molar-refractivity contribution in [2.24, 2.45) is 0 Å². The van der Waals surface area contributed by atoms with Crippen LogP contribution in [0.2, 0.25) is 5.15 Å². The maximum atomic E-state index is 14.4. The van der Waals surface area contributed by atoms with Crippen LogP contribution in [0.15, 0.2) is 72.0 Å². The van der Waals surface area contributed by atoms with Gasteiger partial charge in [-0.15, -0.1) is 0 Å². The molecule has 3 aromatic heterocycles. The van der Waals surface area contributed by atoms with Gasteiger partial charge in [0.15, 0.2) is 5.03 Å². The molecule has 1 fully saturated rings. The fraction of sp³-hybridized carbons (Fsp3) is 0.333. The highest BCUT2D eigenvalue weighted by molar-refractivity contribution is 7.92. The molecular formula is C33H34ClN7O4S. The summed E-state index contributed by atoms with van der Waals surface area (Å²) in [5, 5.41) is 10.1. The Morgan fingerprint density at radius 3 is 2.59 bits per heavy atom. The summed E-state index contributed by atoms with van der Waals surface area (Å²) in [7, 11) is -2.67. The molecule has 1 atom stereocenters. The van der Waals surface area contributed by atoms with E-state index >= 15 is 0 Å². The SMILES string of the molecule is CCOc1nc(Cl)ccc1C1(N2CCCN(c3ccnc(C)c3)CC2)CN(S(=O)(=O)c2ccc(OC)cn2)c2ccc(C#N)cc21. The first-order valence-corrected chi connectivity index (χ1v) is 16.8. The molecule has 2 aliphatic rings. The van der Waals surface area contributed by atoms with E-state index in [1.54, 1.807) is 30.3 Å². The highest BCUT2D eigenvalue weighted by Gasteiger charge is 2.53. The standard InChI is InChI=1S/C33H34ClN7O4S/c1-4-45-32-27(8-10-30(34)38-32)33(40-15-5-14-39(16-17-40)25-12-13-36-23(2)18-25)22-41(29-9-6-24(20-35)19-28(29)33)46(42,43)31-11-7-26(44-3)21-37-31/h6-13,18-19,21H,4-5,14-17,22H2,1-3H3. The van der Waals surface area contributed by atoms with E-state index in [1.165, 1.54) is 23.7 Å². The van der Waals surface area contributed by atoms with Crippen molar-refractivity contribution >= 4 is 33.0 Å². The average molecular weight is 660 g/mol. The third-order valence-corrected chi connectivity index (χ3v) is 10.4. The second-order valence-corrected chi connectivity index (χ2v) is 13.4. The fourth-order valence-electron chi connectivity index (χ4n) is 6.43. The number of fused-ring (bicyclic) bond motifs is 1. The van der Waals surface area contributed by atoms with Gasteiger partial charge in [0, 0.05) is 54.9 Å². The number of aryl methyl sites for hydroxylation is 1. The molecule has 238 valence electrons. The molecular weight excluding hydrogens is 626 g/mol. The minimum Gasteiger partial charge on any atom is -0.495 e. The molecule has 4 aromatic rings. The van der Waals surface area contributed by atoms with Crippen molar-refractivity contribution in [3.05, 3.63) is 94.5 Å². The van der Waals surface area contributed by atoms with Crippen LogP contribution < -0.4 is 18.7 Å². The Morgan fingerprint density at radius 2 is 1.87 bits per heavy atom. The van der Waals surface area contributed by atoms with Crippen LogP contribution in [-0.4, -0.2) is 74.7 Å². The largest absolute Gasteiger partial charge is 0.495 e. The number of benzene rings is 1. The summed E-state index contributed by atoms with van der Waals surface area (Å²) in [5.74, 6) is 0.761. The monoisotopic (exact) mass is 659 g/mol. The van der Waals surface area contributed by atoms with Gasteiger partial charge in [0.1, 0.15) is 10.9 Å². The lowest BCUT2D eigenvalue weighted by atomic mass is 9.82. The molecule has 0 bridgehead atoms. The van der Waals surface area contributed by atoms with Crippen LogP contribution in [0, 0.1) is 18.3 Å². The topological polar surface area (TPSA) is 125 Å². The number of pyridine rings is 3. The molecule has 1 saturated heterocycles. The lowest BCUT2D eigenvalue weighted by Crippen LogP contribution is -2.52. The zero-order valence-corrected chi connectivity index (χ0v) is 27.4. The quantitative estimate of drug-likeness (QED) is 0.244. The van der Waals surface area contributed by atoms with Gasteiger partial charge < -0.3 is 14.4 Å². The maximum absolute atomic E-state index is 14.4. The molecule has 11 nitrogen and oxygen atoms in total. The second-order valence-electron chi connectivity index (χ2n) is 11.2. The Kier molecular flexibility index (Phi) is 8.74. The van der Waals surface area contributed by atoms with Gasteiger partial charge in [0.05, 0.1) is 49.3 Å². The van der Waals surface area contributed by atoms with Crippen molar-refractivity contribution < 1.29 is 17.9 Å². The number of aromatic nitrogens is 3. The number of halogens is 1. The summed E-state index contributed by atoms with van der Waals surface area (Å²) in [6.45, 7) is 6.87. The van der Waals surface area contributed by atoms with E-state index in [0.29, 0.717) is 60.2 Å². The molecule has 46 heavy (non-hydrogen) atoms. The Bertz CT molecular complexity index is 1900. The Hall–Kier alpha value is -4.44. The number of anilines is 2. The Morgan fingerprint density at radius 1 is 1.02 bits per heavy atom. The minimum absolute atomic E-state index is 0.00497. The Labute approximate surface area is 274 Å². The van der Waals surface area contributed by atoms with E-state index < -0.39 is 15.6 Å². The Balaban J connectivity index is 1.54. The van der Waals surface area contributed by atoms with Crippen LogP contribution in [0.5, 0.6) is 11.6 Å². The lowest BCUT2D eigenvalue weighted by molar-refractivity contribution is 0.142. The summed E-state index contributed by atoms with van der Waals surface area (Å²) in [5.41, 5.74) is 3.15. The third-order valence-electron chi connectivity index (χ3n) is 8.55. The summed E-state index contributed by atoms with van der Waals surface area (Å²) in [4.78, 5) is 17.8. The van der Waals surface area contributed by atoms with Crippen LogP contribution in [0.3, 0.4) is 0 Å². The first kappa shape index (κ1) is 31.5. The van der Waals surface area contributed by atoms with E-state index in [-0.39, 0.29) is 16.7 Å². The first-order chi connectivity index (χ1) is 22.2. The van der Waals surface area contributed by atoms with E-state index in [1.807, 2.05) is 32.2 Å². The zero-order valence-electron chi connectivity index (χ0n) is 25.9. The molecule has 2 aliphatic heterocycles. The molecule has 0 spiro atoms. The van der Waals surface area contributed by atoms with E-state index in [2.05, 4.69) is 36.9 Å². The van der Waals surface area contributed by atoms with Gasteiger partial charge in [-0.1, -0.05) is 11.6 Å². The molecule has 5 heterocycles. The number of rotatable bonds is 8. The fourth-order valence-corrected chi connectivity index (χ4v) is 8.00. The molecule has 0 N–H and O–H groups in total. The highest BCUT2D eigenvalue weighted by atomic mass is 35.5. The van der Waals surface area contributed by atoms with Gasteiger partial charge in [-0.3, -0.25) is 14.2 Å². The second kappa shape index (κ2) is 12.7. The van der Waals surface area contributed by atoms with Crippen molar-refractivity contribution in [2.45, 2.75) is 30.8 Å². The average Bonchev–Trinajstić information content (AvgIpc) is 3.21. The van der Waals surface area contributed by atoms with Gasteiger partial charge >= 0.3 is 0 Å². The van der Waals surface area contributed by atoms with E-state index in [4.69, 9.17) is 21.1 Å². The van der Waals surface area contributed by atoms with Gasteiger partial charge in [-0.2, -0.15) is 13.7 Å². The smallest absolute Gasteiger partial charge is 0.281 e. The summed E-state index contributed by atoms with van der Waals surface area (Å²) in [6.07, 6.45) is 4.00. The van der Waals surface area contributed by atoms with Gasteiger partial charge in [-0.05, 0) is 74.9 Å². The van der Waals surface area contributed by atoms with Gasteiger partial charge in [0.25, 0.3) is 10.0 Å². The summed E-state index contributed by atoms with van der Waals surface area (Å²) >= 11 is 6.39. The van der Waals surface area contributed by atoms with E-state index in [0.717, 1.165) is 24.3 Å². The number of nitrogens with zero attached hydrogens (tertiary/aromatic N) is 7. The minimum atomic E-state index is -4.16. The van der Waals surface area contributed by atoms with E-state index in [9.17, 15) is 13.7 Å². The highest BCUT2D eigenvalue weighted by Crippen LogP contribution is 2.52. The molecule has 13 heteroatoms. The third kappa shape index (κ3) is 5.59. The van der Waals surface area contributed by atoms with Crippen molar-refractivity contribution in [3.63, 3.8) is 0 Å². The normalized spacial score (nSPS) is 18.5. The van der Waals surface area contributed by atoms with Crippen molar-refractivity contribution in [3.8, 4) is 17.7 Å². The number of nitriles is 1. The molecule has 0 saturated carbocycles. The number of sulfonamides is 1. The van der Waals surface area contributed by atoms with Gasteiger partial charge in [-0.25, -0.2) is 9.97 Å². The molecule has 0 amide bonds. The van der Waals surface area contributed by atoms with Crippen molar-refractivity contribution in [1.29, 1.82) is 5.26 Å². The van der Waals surface area contributed by atoms with Crippen LogP contribution in [0.4, 0.5) is 11.4 Å². The number of hydrogen-bond acceptors (Lipinski definition) is 10. The van der Waals surface area contributed by atoms with Crippen molar-refractivity contribution in [1.82, 2.24) is 19.9 Å². The van der Waals surface area contributed by atoms with Crippen LogP contribution >= 0.6 is 11.6 Å². The lowest BCUT2D eigenvalue weighted by Gasteiger charge is -2.42. The van der Waals surface area contributed by atoms with Gasteiger partial charge in [0.2, 0.25) is 5.88 Å². The number of ether oxygens (including phenoxy) is 2. The van der Waals surface area contributed by atoms with Crippen LogP contribution in [0.1, 0.15) is 35.7 Å². The molecule has 0 aliphatic carbocycles. The first-order valence-electron chi connectivity index (χ1n) is 15.0. The summed E-state index contributed by atoms with van der Waals surface area (Å²) in [6, 6.07) is 18.0. The maximum Gasteiger partial charge on any atom is 0.281 e. The number of hydrogen-bond donors (Lipinski definition) is 0. The molecule has 6 rings (SSSR count). The van der Waals surface area contributed by atoms with Crippen LogP contribution in [0.25, 0.3) is 0 Å². The predicted octanol–water partition coefficient (Wildman–Crippen LogP) is 4.78. The molecule has 1 unspecified atom stereocenters. The van der Waals surface area contributed by atoms with Crippen LogP contribution in [-0.2, 0) is 15.6 Å². The summed E-state index contributed by atoms with van der Waals surface area (Å²) < 4.78 is 41.5.